The van der Waals surface area contributed by atoms with E-state index < -0.39 is 12.1 Å². The number of thiophene rings is 1. The van der Waals surface area contributed by atoms with Gasteiger partial charge in [-0.05, 0) is 30.4 Å². The summed E-state index contributed by atoms with van der Waals surface area (Å²) in [6.45, 7) is 0. The first-order valence-electron chi connectivity index (χ1n) is 9.22. The van der Waals surface area contributed by atoms with E-state index in [-0.39, 0.29) is 11.9 Å². The second-order valence-electron chi connectivity index (χ2n) is 6.94. The number of nitrogens with zero attached hydrogens (tertiary/aromatic N) is 1. The van der Waals surface area contributed by atoms with Gasteiger partial charge in [-0.25, -0.2) is 4.79 Å². The number of fused-ring (bicyclic) bond motifs is 1. The number of aromatic nitrogens is 1. The zero-order chi connectivity index (χ0) is 18.8. The van der Waals surface area contributed by atoms with Crippen molar-refractivity contribution in [2.24, 2.45) is 7.05 Å². The minimum atomic E-state index is -0.952. The van der Waals surface area contributed by atoms with E-state index in [9.17, 15) is 9.59 Å². The number of rotatable bonds is 5. The lowest BCUT2D eigenvalue weighted by Crippen LogP contribution is -2.38. The Labute approximate surface area is 161 Å². The molecule has 1 aliphatic rings. The molecule has 0 bridgehead atoms. The summed E-state index contributed by atoms with van der Waals surface area (Å²) in [5.74, 6) is -0.742. The van der Waals surface area contributed by atoms with Crippen LogP contribution in [0.4, 0.5) is 0 Å². The highest BCUT2D eigenvalue weighted by molar-refractivity contribution is 7.17. The van der Waals surface area contributed by atoms with Crippen molar-refractivity contribution in [3.8, 4) is 0 Å². The van der Waals surface area contributed by atoms with Gasteiger partial charge < -0.3 is 14.6 Å². The first-order valence-corrected chi connectivity index (χ1v) is 10.1. The van der Waals surface area contributed by atoms with Crippen molar-refractivity contribution >= 4 is 33.4 Å². The van der Waals surface area contributed by atoms with E-state index >= 15 is 0 Å². The van der Waals surface area contributed by atoms with Gasteiger partial charge in [0.2, 0.25) is 6.10 Å². The number of aryl methyl sites for hydroxylation is 1. The summed E-state index contributed by atoms with van der Waals surface area (Å²) in [6.07, 6.45) is 3.26. The Hall–Kier alpha value is -2.60. The lowest BCUT2D eigenvalue weighted by molar-refractivity contribution is -0.131. The zero-order valence-electron chi connectivity index (χ0n) is 15.2. The summed E-state index contributed by atoms with van der Waals surface area (Å²) in [5.41, 5.74) is 2.11. The Morgan fingerprint density at radius 2 is 1.93 bits per heavy atom. The molecular weight excluding hydrogens is 360 g/mol. The summed E-state index contributed by atoms with van der Waals surface area (Å²) in [4.78, 5) is 25.7. The third-order valence-corrected chi connectivity index (χ3v) is 5.99. The molecule has 4 rings (SSSR count). The number of nitrogens with one attached hydrogen (secondary N) is 1. The van der Waals surface area contributed by atoms with E-state index in [4.69, 9.17) is 4.74 Å². The minimum absolute atomic E-state index is 0.169. The number of esters is 1. The maximum atomic E-state index is 12.9. The fourth-order valence-electron chi connectivity index (χ4n) is 3.66. The van der Waals surface area contributed by atoms with Crippen LogP contribution in [0.25, 0.3) is 10.2 Å². The van der Waals surface area contributed by atoms with Crippen LogP contribution in [-0.4, -0.2) is 22.5 Å². The highest BCUT2D eigenvalue weighted by Gasteiger charge is 2.29. The van der Waals surface area contributed by atoms with Gasteiger partial charge in [-0.15, -0.1) is 11.3 Å². The molecule has 0 radical (unpaired) electrons. The molecule has 0 saturated heterocycles. The third kappa shape index (κ3) is 3.62. The van der Waals surface area contributed by atoms with E-state index in [1.807, 2.05) is 59.5 Å². The summed E-state index contributed by atoms with van der Waals surface area (Å²) in [7, 11) is 1.84. The molecule has 2 heterocycles. The topological polar surface area (TPSA) is 60.3 Å². The highest BCUT2D eigenvalue weighted by Crippen LogP contribution is 2.27. The monoisotopic (exact) mass is 382 g/mol. The molecule has 1 unspecified atom stereocenters. The smallest absolute Gasteiger partial charge is 0.356 e. The van der Waals surface area contributed by atoms with Gasteiger partial charge in [0.25, 0.3) is 5.91 Å². The largest absolute Gasteiger partial charge is 0.443 e. The van der Waals surface area contributed by atoms with Crippen molar-refractivity contribution in [1.29, 1.82) is 0 Å². The van der Waals surface area contributed by atoms with Crippen molar-refractivity contribution in [3.63, 3.8) is 0 Å². The van der Waals surface area contributed by atoms with Crippen LogP contribution in [0.15, 0.2) is 47.8 Å². The number of hydrogen-bond donors (Lipinski definition) is 1. The van der Waals surface area contributed by atoms with E-state index in [0.717, 1.165) is 35.9 Å². The summed E-state index contributed by atoms with van der Waals surface area (Å²) in [6, 6.07) is 13.2. The van der Waals surface area contributed by atoms with Crippen LogP contribution in [0.1, 0.15) is 47.8 Å². The molecule has 3 aromatic rings. The maximum Gasteiger partial charge on any atom is 0.356 e. The van der Waals surface area contributed by atoms with Gasteiger partial charge in [0.15, 0.2) is 0 Å². The Morgan fingerprint density at radius 3 is 2.63 bits per heavy atom. The number of benzene rings is 1. The normalized spacial score (nSPS) is 15.7. The summed E-state index contributed by atoms with van der Waals surface area (Å²) < 4.78 is 8.54. The van der Waals surface area contributed by atoms with Gasteiger partial charge >= 0.3 is 5.97 Å². The average Bonchev–Trinajstić information content (AvgIpc) is 3.40. The Balaban J connectivity index is 1.58. The van der Waals surface area contributed by atoms with Gasteiger partial charge in [0, 0.05) is 18.7 Å². The Kier molecular flexibility index (Phi) is 4.99. The van der Waals surface area contributed by atoms with Gasteiger partial charge in [-0.3, -0.25) is 4.79 Å². The molecule has 2 aromatic heterocycles. The van der Waals surface area contributed by atoms with Crippen LogP contribution in [0, 0.1) is 0 Å². The second kappa shape index (κ2) is 7.56. The van der Waals surface area contributed by atoms with Gasteiger partial charge in [-0.1, -0.05) is 43.2 Å². The predicted octanol–water partition coefficient (Wildman–Crippen LogP) is 4.20. The number of ether oxygens (including phenoxy) is 1. The number of hydrogen-bond acceptors (Lipinski definition) is 4. The molecule has 1 atom stereocenters. The molecular formula is C21H22N2O3S. The fourth-order valence-corrected chi connectivity index (χ4v) is 4.51. The van der Waals surface area contributed by atoms with Crippen molar-refractivity contribution in [3.05, 3.63) is 59.1 Å². The van der Waals surface area contributed by atoms with Crippen LogP contribution >= 0.6 is 11.3 Å². The fraction of sp³-hybridized carbons (Fsp3) is 0.333. The molecule has 0 spiro atoms. The maximum absolute atomic E-state index is 12.9. The van der Waals surface area contributed by atoms with Crippen LogP contribution in [0.2, 0.25) is 0 Å². The SMILES string of the molecule is Cn1c(C(=O)OC(C(=O)NC2CCCC2)c2ccccc2)cc2sccc21. The average molecular weight is 382 g/mol. The van der Waals surface area contributed by atoms with E-state index in [1.54, 1.807) is 11.3 Å². The molecule has 140 valence electrons. The van der Waals surface area contributed by atoms with E-state index in [2.05, 4.69) is 5.32 Å². The molecule has 6 heteroatoms. The predicted molar refractivity (Wildman–Crippen MR) is 106 cm³/mol. The van der Waals surface area contributed by atoms with Crippen LogP contribution in [0.5, 0.6) is 0 Å². The van der Waals surface area contributed by atoms with Crippen molar-refractivity contribution in [1.82, 2.24) is 9.88 Å². The molecule has 1 aromatic carbocycles. The molecule has 27 heavy (non-hydrogen) atoms. The highest BCUT2D eigenvalue weighted by atomic mass is 32.1. The quantitative estimate of drug-likeness (QED) is 0.673. The van der Waals surface area contributed by atoms with Crippen LogP contribution < -0.4 is 5.32 Å². The van der Waals surface area contributed by atoms with Gasteiger partial charge in [0.05, 0.1) is 10.2 Å². The molecule has 1 aliphatic carbocycles. The van der Waals surface area contributed by atoms with Crippen LogP contribution in [-0.2, 0) is 16.6 Å². The third-order valence-electron chi connectivity index (χ3n) is 5.14. The lowest BCUT2D eigenvalue weighted by Gasteiger charge is -2.20. The van der Waals surface area contributed by atoms with Crippen LogP contribution in [0.3, 0.4) is 0 Å². The number of amides is 1. The van der Waals surface area contributed by atoms with Crippen molar-refractivity contribution in [2.75, 3.05) is 0 Å². The molecule has 1 saturated carbocycles. The summed E-state index contributed by atoms with van der Waals surface area (Å²) >= 11 is 1.57. The van der Waals surface area contributed by atoms with E-state index in [1.165, 1.54) is 0 Å². The molecule has 1 amide bonds. The lowest BCUT2D eigenvalue weighted by atomic mass is 10.1. The van der Waals surface area contributed by atoms with Crippen molar-refractivity contribution < 1.29 is 14.3 Å². The number of carbonyl (C=O) groups is 2. The first kappa shape index (κ1) is 17.8. The van der Waals surface area contributed by atoms with Gasteiger partial charge in [-0.2, -0.15) is 0 Å². The van der Waals surface area contributed by atoms with Gasteiger partial charge in [0.1, 0.15) is 5.69 Å². The van der Waals surface area contributed by atoms with Crippen molar-refractivity contribution in [2.45, 2.75) is 37.8 Å². The second-order valence-corrected chi connectivity index (χ2v) is 7.89. The molecule has 5 nitrogen and oxygen atoms in total. The standard InChI is InChI=1S/C21H22N2O3S/c1-23-16-11-12-27-18(16)13-17(23)21(25)26-19(14-7-3-2-4-8-14)20(24)22-15-9-5-6-10-15/h2-4,7-8,11-13,15,19H,5-6,9-10H2,1H3,(H,22,24). The Morgan fingerprint density at radius 1 is 1.19 bits per heavy atom. The zero-order valence-corrected chi connectivity index (χ0v) is 16.0. The first-order chi connectivity index (χ1) is 13.1. The number of carbonyl (C=O) groups excluding carboxylic acids is 2. The molecule has 1 fully saturated rings. The summed E-state index contributed by atoms with van der Waals surface area (Å²) in [5, 5.41) is 5.04. The minimum Gasteiger partial charge on any atom is -0.443 e. The Bertz CT molecular complexity index is 954. The molecule has 0 aliphatic heterocycles. The van der Waals surface area contributed by atoms with E-state index in [0.29, 0.717) is 11.3 Å². The molecule has 1 N–H and O–H groups in total.